The second-order valence-corrected chi connectivity index (χ2v) is 4.94. The molecule has 1 aliphatic carbocycles. The number of hydrogen-bond donors (Lipinski definition) is 0. The predicted octanol–water partition coefficient (Wildman–Crippen LogP) is 5.40. The van der Waals surface area contributed by atoms with Gasteiger partial charge in [-0.3, -0.25) is 0 Å². The third kappa shape index (κ3) is 3.22. The van der Waals surface area contributed by atoms with Crippen LogP contribution in [0, 0.1) is 0 Å². The first-order valence-corrected chi connectivity index (χ1v) is 6.91. The summed E-state index contributed by atoms with van der Waals surface area (Å²) in [5.74, 6) is 0.520. The van der Waals surface area contributed by atoms with Crippen LogP contribution in [0.5, 0.6) is 0 Å². The summed E-state index contributed by atoms with van der Waals surface area (Å²) in [7, 11) is 0. The van der Waals surface area contributed by atoms with Gasteiger partial charge >= 0.3 is 0 Å². The maximum atomic E-state index is 2.31. The van der Waals surface area contributed by atoms with Crippen molar-refractivity contribution < 1.29 is 0 Å². The van der Waals surface area contributed by atoms with Gasteiger partial charge < -0.3 is 0 Å². The molecule has 18 heavy (non-hydrogen) atoms. The van der Waals surface area contributed by atoms with Gasteiger partial charge in [0.15, 0.2) is 0 Å². The SMILES string of the molecule is CCC1=C/C=C\C=C(\C(C)c2ccccc2)CC1. The van der Waals surface area contributed by atoms with Gasteiger partial charge in [0.05, 0.1) is 0 Å². The van der Waals surface area contributed by atoms with E-state index in [1.807, 2.05) is 0 Å². The van der Waals surface area contributed by atoms with Crippen molar-refractivity contribution in [3.05, 3.63) is 71.3 Å². The van der Waals surface area contributed by atoms with Crippen molar-refractivity contribution >= 4 is 0 Å². The predicted molar refractivity (Wildman–Crippen MR) is 79.7 cm³/mol. The van der Waals surface area contributed by atoms with Crippen LogP contribution in [0.2, 0.25) is 0 Å². The van der Waals surface area contributed by atoms with E-state index in [0.29, 0.717) is 5.92 Å². The van der Waals surface area contributed by atoms with Crippen molar-refractivity contribution in [1.29, 1.82) is 0 Å². The molecule has 94 valence electrons. The van der Waals surface area contributed by atoms with E-state index in [9.17, 15) is 0 Å². The van der Waals surface area contributed by atoms with Gasteiger partial charge in [-0.25, -0.2) is 0 Å². The Kier molecular flexibility index (Phi) is 4.58. The molecule has 1 aromatic rings. The summed E-state index contributed by atoms with van der Waals surface area (Å²) in [6.45, 7) is 4.55. The number of hydrogen-bond acceptors (Lipinski definition) is 0. The van der Waals surface area contributed by atoms with Crippen LogP contribution in [0.15, 0.2) is 65.8 Å². The molecule has 0 N–H and O–H groups in total. The lowest BCUT2D eigenvalue weighted by Crippen LogP contribution is -2.00. The van der Waals surface area contributed by atoms with Crippen molar-refractivity contribution in [3.63, 3.8) is 0 Å². The van der Waals surface area contributed by atoms with E-state index in [1.165, 1.54) is 24.0 Å². The van der Waals surface area contributed by atoms with Crippen LogP contribution in [0.1, 0.15) is 44.6 Å². The Morgan fingerprint density at radius 3 is 2.44 bits per heavy atom. The molecule has 0 bridgehead atoms. The van der Waals surface area contributed by atoms with Crippen molar-refractivity contribution in [2.24, 2.45) is 0 Å². The summed E-state index contributed by atoms with van der Waals surface area (Å²) in [6, 6.07) is 10.8. The van der Waals surface area contributed by atoms with E-state index in [-0.39, 0.29) is 0 Å². The van der Waals surface area contributed by atoms with E-state index in [1.54, 1.807) is 5.57 Å². The number of benzene rings is 1. The molecule has 0 heterocycles. The summed E-state index contributed by atoms with van der Waals surface area (Å²) < 4.78 is 0. The lowest BCUT2D eigenvalue weighted by molar-refractivity contribution is 0.777. The summed E-state index contributed by atoms with van der Waals surface area (Å²) in [5, 5.41) is 0. The van der Waals surface area contributed by atoms with Crippen LogP contribution < -0.4 is 0 Å². The molecule has 1 aliphatic rings. The molecule has 0 spiro atoms. The molecular weight excluding hydrogens is 216 g/mol. The van der Waals surface area contributed by atoms with Gasteiger partial charge in [0, 0.05) is 5.92 Å². The van der Waals surface area contributed by atoms with E-state index >= 15 is 0 Å². The molecule has 1 atom stereocenters. The summed E-state index contributed by atoms with van der Waals surface area (Å²) in [6.07, 6.45) is 12.5. The minimum Gasteiger partial charge on any atom is -0.0702 e. The molecule has 0 fully saturated rings. The van der Waals surface area contributed by atoms with Gasteiger partial charge in [-0.05, 0) is 24.8 Å². The maximum Gasteiger partial charge on any atom is 0.00230 e. The van der Waals surface area contributed by atoms with Crippen molar-refractivity contribution in [2.45, 2.75) is 39.0 Å². The highest BCUT2D eigenvalue weighted by atomic mass is 14.2. The summed E-state index contributed by atoms with van der Waals surface area (Å²) >= 11 is 0. The summed E-state index contributed by atoms with van der Waals surface area (Å²) in [5.41, 5.74) is 4.51. The van der Waals surface area contributed by atoms with Crippen LogP contribution >= 0.6 is 0 Å². The van der Waals surface area contributed by atoms with Crippen molar-refractivity contribution in [3.8, 4) is 0 Å². The molecule has 2 rings (SSSR count). The number of allylic oxidation sites excluding steroid dienone is 6. The van der Waals surface area contributed by atoms with E-state index in [0.717, 1.165) is 6.42 Å². The Hall–Kier alpha value is -1.56. The Morgan fingerprint density at radius 1 is 1.00 bits per heavy atom. The largest absolute Gasteiger partial charge is 0.0702 e. The van der Waals surface area contributed by atoms with E-state index < -0.39 is 0 Å². The fourth-order valence-corrected chi connectivity index (χ4v) is 2.45. The first-order valence-electron chi connectivity index (χ1n) is 6.91. The minimum absolute atomic E-state index is 0.520. The molecule has 1 aromatic carbocycles. The zero-order chi connectivity index (χ0) is 12.8. The highest BCUT2D eigenvalue weighted by molar-refractivity contribution is 5.32. The molecule has 0 saturated carbocycles. The highest BCUT2D eigenvalue weighted by Gasteiger charge is 2.11. The smallest absolute Gasteiger partial charge is 0.00230 e. The molecular formula is C18H22. The molecule has 0 radical (unpaired) electrons. The van der Waals surface area contributed by atoms with Crippen molar-refractivity contribution in [1.82, 2.24) is 0 Å². The average Bonchev–Trinajstić information content (AvgIpc) is 2.39. The zero-order valence-electron chi connectivity index (χ0n) is 11.4. The Labute approximate surface area is 111 Å². The quantitative estimate of drug-likeness (QED) is 0.661. The summed E-state index contributed by atoms with van der Waals surface area (Å²) in [4.78, 5) is 0. The average molecular weight is 238 g/mol. The van der Waals surface area contributed by atoms with Crippen LogP contribution in [0.3, 0.4) is 0 Å². The molecule has 0 aromatic heterocycles. The van der Waals surface area contributed by atoms with E-state index in [2.05, 4.69) is 68.5 Å². The Balaban J connectivity index is 2.15. The van der Waals surface area contributed by atoms with Crippen molar-refractivity contribution in [2.75, 3.05) is 0 Å². The molecule has 0 aliphatic heterocycles. The first-order chi connectivity index (χ1) is 8.81. The molecule has 0 amide bonds. The lowest BCUT2D eigenvalue weighted by Gasteiger charge is -2.18. The fourth-order valence-electron chi connectivity index (χ4n) is 2.45. The molecule has 1 unspecified atom stereocenters. The number of rotatable bonds is 3. The van der Waals surface area contributed by atoms with Crippen LogP contribution in [-0.4, -0.2) is 0 Å². The standard InChI is InChI=1S/C18H22/c1-3-16-9-7-8-12-18(14-13-16)15(2)17-10-5-4-6-11-17/h4-12,15H,3,13-14H2,1-2H3/b8-7-,16-9?,18-12+. The van der Waals surface area contributed by atoms with E-state index in [4.69, 9.17) is 0 Å². The highest BCUT2D eigenvalue weighted by Crippen LogP contribution is 2.29. The monoisotopic (exact) mass is 238 g/mol. The van der Waals surface area contributed by atoms with Gasteiger partial charge in [-0.2, -0.15) is 0 Å². The second kappa shape index (κ2) is 6.39. The van der Waals surface area contributed by atoms with Gasteiger partial charge in [0.25, 0.3) is 0 Å². The first kappa shape index (κ1) is 12.9. The Bertz CT molecular complexity index is 460. The normalized spacial score (nSPS) is 22.1. The van der Waals surface area contributed by atoms with Crippen LogP contribution in [0.25, 0.3) is 0 Å². The minimum atomic E-state index is 0.520. The van der Waals surface area contributed by atoms with Crippen LogP contribution in [-0.2, 0) is 0 Å². The topological polar surface area (TPSA) is 0 Å². The molecule has 0 heteroatoms. The zero-order valence-corrected chi connectivity index (χ0v) is 11.4. The third-order valence-electron chi connectivity index (χ3n) is 3.80. The van der Waals surface area contributed by atoms with Gasteiger partial charge in [0.1, 0.15) is 0 Å². The van der Waals surface area contributed by atoms with Gasteiger partial charge in [-0.15, -0.1) is 0 Å². The Morgan fingerprint density at radius 2 is 1.72 bits per heavy atom. The third-order valence-corrected chi connectivity index (χ3v) is 3.80. The second-order valence-electron chi connectivity index (χ2n) is 4.94. The van der Waals surface area contributed by atoms with Gasteiger partial charge in [-0.1, -0.05) is 79.6 Å². The molecule has 0 saturated heterocycles. The lowest BCUT2D eigenvalue weighted by atomic mass is 9.87. The molecule has 0 nitrogen and oxygen atoms in total. The van der Waals surface area contributed by atoms with Gasteiger partial charge in [0.2, 0.25) is 0 Å². The van der Waals surface area contributed by atoms with Crippen LogP contribution in [0.4, 0.5) is 0 Å². The maximum absolute atomic E-state index is 2.31. The fraction of sp³-hybridized carbons (Fsp3) is 0.333.